The smallest absolute Gasteiger partial charge is 0.237 e. The van der Waals surface area contributed by atoms with E-state index in [0.29, 0.717) is 0 Å². The van der Waals surface area contributed by atoms with E-state index in [4.69, 9.17) is 15.0 Å². The number of carbonyl (C=O) groups is 1. The number of carbonyl (C=O) groups excluding carboxylic acids is 1. The van der Waals surface area contributed by atoms with Crippen LogP contribution in [0.2, 0.25) is 0 Å². The number of ether oxygens (including phenoxy) is 1. The molecule has 0 aliphatic carbocycles. The monoisotopic (exact) mass is 354 g/mol. The second kappa shape index (κ2) is 7.21. The van der Waals surface area contributed by atoms with Gasteiger partial charge in [-0.15, -0.1) is 0 Å². The normalized spacial score (nSPS) is 16.2. The molecule has 1 fully saturated rings. The van der Waals surface area contributed by atoms with Gasteiger partial charge >= 0.3 is 0 Å². The summed E-state index contributed by atoms with van der Waals surface area (Å²) in [4.78, 5) is 13.6. The lowest BCUT2D eigenvalue weighted by Crippen LogP contribution is -2.37. The van der Waals surface area contributed by atoms with Crippen LogP contribution < -0.4 is 10.5 Å². The number of benzene rings is 1. The van der Waals surface area contributed by atoms with Gasteiger partial charge in [0.05, 0.1) is 11.2 Å². The molecule has 0 saturated carbocycles. The zero-order chi connectivity index (χ0) is 17.9. The number of primary amides is 1. The second-order valence-corrected chi connectivity index (χ2v) is 6.68. The van der Waals surface area contributed by atoms with Crippen molar-refractivity contribution in [1.82, 2.24) is 14.6 Å². The van der Waals surface area contributed by atoms with Crippen LogP contribution in [0.3, 0.4) is 0 Å². The Balaban J connectivity index is 1.40. The lowest BCUT2D eigenvalue weighted by atomic mass is 10.1. The highest BCUT2D eigenvalue weighted by molar-refractivity contribution is 5.87. The van der Waals surface area contributed by atoms with E-state index < -0.39 is 0 Å². The molecule has 7 heteroatoms. The number of amides is 1. The topological polar surface area (TPSA) is 86.5 Å². The van der Waals surface area contributed by atoms with Crippen molar-refractivity contribution in [2.45, 2.75) is 32.0 Å². The maximum atomic E-state index is 11.2. The number of fused-ring (bicyclic) bond motifs is 1. The molecule has 0 spiro atoms. The summed E-state index contributed by atoms with van der Waals surface area (Å²) in [6.45, 7) is 2.93. The fourth-order valence-electron chi connectivity index (χ4n) is 3.52. The third kappa shape index (κ3) is 3.57. The first kappa shape index (κ1) is 16.7. The fraction of sp³-hybridized carbons (Fsp3) is 0.368. The van der Waals surface area contributed by atoms with Crippen LogP contribution in [0.5, 0.6) is 5.75 Å². The van der Waals surface area contributed by atoms with Crippen LogP contribution in [0, 0.1) is 0 Å². The number of nitrogens with zero attached hydrogens (tertiary/aromatic N) is 3. The van der Waals surface area contributed by atoms with E-state index in [2.05, 4.69) is 10.1 Å². The summed E-state index contributed by atoms with van der Waals surface area (Å²) in [5.74, 6) is 0.508. The van der Waals surface area contributed by atoms with Gasteiger partial charge in [-0.1, -0.05) is 11.2 Å². The summed E-state index contributed by atoms with van der Waals surface area (Å²) in [5.41, 5.74) is 7.24. The summed E-state index contributed by atoms with van der Waals surface area (Å²) in [6.07, 6.45) is 5.61. The van der Waals surface area contributed by atoms with Crippen LogP contribution in [0.25, 0.3) is 10.9 Å². The lowest BCUT2D eigenvalue weighted by Gasteiger charge is -2.31. The molecule has 1 aromatic carbocycles. The Bertz CT molecular complexity index is 879. The van der Waals surface area contributed by atoms with Crippen LogP contribution in [0.15, 0.2) is 47.3 Å². The largest absolute Gasteiger partial charge is 0.490 e. The fourth-order valence-corrected chi connectivity index (χ4v) is 3.52. The SMILES string of the molecule is NC(=O)Cn1ccc2c(OC3CCN(Cc4ccon4)CC3)cccc21. The van der Waals surface area contributed by atoms with Gasteiger partial charge < -0.3 is 19.6 Å². The van der Waals surface area contributed by atoms with Gasteiger partial charge in [0, 0.05) is 37.3 Å². The highest BCUT2D eigenvalue weighted by atomic mass is 16.5. The Hall–Kier alpha value is -2.80. The molecule has 1 aliphatic rings. The zero-order valence-corrected chi connectivity index (χ0v) is 14.5. The molecule has 3 heterocycles. The van der Waals surface area contributed by atoms with Crippen molar-refractivity contribution < 1.29 is 14.1 Å². The summed E-state index contributed by atoms with van der Waals surface area (Å²) in [7, 11) is 0. The molecule has 2 aromatic heterocycles. The average Bonchev–Trinajstić information content (AvgIpc) is 3.27. The van der Waals surface area contributed by atoms with Crippen molar-refractivity contribution in [3.63, 3.8) is 0 Å². The summed E-state index contributed by atoms with van der Waals surface area (Å²) in [6, 6.07) is 9.80. The van der Waals surface area contributed by atoms with E-state index in [-0.39, 0.29) is 18.6 Å². The standard InChI is InChI=1S/C19H22N4O3/c20-19(24)13-23-10-6-16-17(23)2-1-3-18(16)26-15-4-8-22(9-5-15)12-14-7-11-25-21-14/h1-3,6-7,10-11,15H,4-5,8-9,12-13H2,(H2,20,24). The Morgan fingerprint density at radius 2 is 2.12 bits per heavy atom. The van der Waals surface area contributed by atoms with Gasteiger partial charge in [-0.2, -0.15) is 0 Å². The van der Waals surface area contributed by atoms with E-state index in [1.165, 1.54) is 0 Å². The number of hydrogen-bond acceptors (Lipinski definition) is 5. The van der Waals surface area contributed by atoms with E-state index in [0.717, 1.165) is 54.8 Å². The Kier molecular flexibility index (Phi) is 4.62. The minimum atomic E-state index is -0.353. The number of piperidine rings is 1. The molecule has 0 bridgehead atoms. The van der Waals surface area contributed by atoms with Gasteiger partial charge in [0.25, 0.3) is 0 Å². The van der Waals surface area contributed by atoms with Gasteiger partial charge in [0.15, 0.2) is 0 Å². The quantitative estimate of drug-likeness (QED) is 0.733. The second-order valence-electron chi connectivity index (χ2n) is 6.68. The third-order valence-corrected chi connectivity index (χ3v) is 4.80. The van der Waals surface area contributed by atoms with Crippen molar-refractivity contribution >= 4 is 16.8 Å². The van der Waals surface area contributed by atoms with Gasteiger partial charge in [0.1, 0.15) is 24.7 Å². The molecule has 7 nitrogen and oxygen atoms in total. The predicted molar refractivity (Wildman–Crippen MR) is 96.6 cm³/mol. The number of likely N-dealkylation sites (tertiary alicyclic amines) is 1. The van der Waals surface area contributed by atoms with E-state index >= 15 is 0 Å². The molecule has 3 aromatic rings. The first-order chi connectivity index (χ1) is 12.7. The molecular weight excluding hydrogens is 332 g/mol. The van der Waals surface area contributed by atoms with Gasteiger partial charge in [0.2, 0.25) is 5.91 Å². The van der Waals surface area contributed by atoms with Crippen molar-refractivity contribution in [1.29, 1.82) is 0 Å². The molecule has 2 N–H and O–H groups in total. The van der Waals surface area contributed by atoms with E-state index in [9.17, 15) is 4.79 Å². The van der Waals surface area contributed by atoms with Gasteiger partial charge in [-0.05, 0) is 31.0 Å². The first-order valence-electron chi connectivity index (χ1n) is 8.83. The van der Waals surface area contributed by atoms with Crippen LogP contribution in [0.4, 0.5) is 0 Å². The molecule has 0 radical (unpaired) electrons. The highest BCUT2D eigenvalue weighted by Crippen LogP contribution is 2.29. The average molecular weight is 354 g/mol. The molecule has 26 heavy (non-hydrogen) atoms. The maximum absolute atomic E-state index is 11.2. The highest BCUT2D eigenvalue weighted by Gasteiger charge is 2.22. The third-order valence-electron chi connectivity index (χ3n) is 4.80. The Labute approximate surface area is 151 Å². The molecule has 1 amide bonds. The van der Waals surface area contributed by atoms with Crippen molar-refractivity contribution in [3.8, 4) is 5.75 Å². The van der Waals surface area contributed by atoms with Crippen LogP contribution in [-0.2, 0) is 17.9 Å². The number of aromatic nitrogens is 2. The number of hydrogen-bond donors (Lipinski definition) is 1. The zero-order valence-electron chi connectivity index (χ0n) is 14.5. The van der Waals surface area contributed by atoms with Crippen LogP contribution in [0.1, 0.15) is 18.5 Å². The Morgan fingerprint density at radius 1 is 1.27 bits per heavy atom. The van der Waals surface area contributed by atoms with Crippen LogP contribution in [-0.4, -0.2) is 39.7 Å². The Morgan fingerprint density at radius 3 is 2.85 bits per heavy atom. The predicted octanol–water partition coefficient (Wildman–Crippen LogP) is 2.16. The van der Waals surface area contributed by atoms with Gasteiger partial charge in [-0.3, -0.25) is 9.69 Å². The molecular formula is C19H22N4O3. The summed E-state index contributed by atoms with van der Waals surface area (Å²) < 4.78 is 13.0. The van der Waals surface area contributed by atoms with Crippen molar-refractivity contribution in [2.75, 3.05) is 13.1 Å². The van der Waals surface area contributed by atoms with Crippen molar-refractivity contribution in [2.24, 2.45) is 5.73 Å². The minimum Gasteiger partial charge on any atom is -0.490 e. The van der Waals surface area contributed by atoms with E-state index in [1.807, 2.05) is 41.1 Å². The molecule has 136 valence electrons. The minimum absolute atomic E-state index is 0.174. The summed E-state index contributed by atoms with van der Waals surface area (Å²) in [5, 5.41) is 4.98. The molecule has 0 atom stereocenters. The lowest BCUT2D eigenvalue weighted by molar-refractivity contribution is -0.118. The van der Waals surface area contributed by atoms with Crippen molar-refractivity contribution in [3.05, 3.63) is 48.5 Å². The van der Waals surface area contributed by atoms with Gasteiger partial charge in [-0.25, -0.2) is 0 Å². The molecule has 1 aliphatic heterocycles. The molecule has 4 rings (SSSR count). The van der Waals surface area contributed by atoms with E-state index in [1.54, 1.807) is 6.26 Å². The first-order valence-corrected chi connectivity index (χ1v) is 8.83. The molecule has 1 saturated heterocycles. The van der Waals surface area contributed by atoms with Crippen LogP contribution >= 0.6 is 0 Å². The number of rotatable bonds is 6. The maximum Gasteiger partial charge on any atom is 0.237 e. The molecule has 0 unspecified atom stereocenters. The number of nitrogens with two attached hydrogens (primary N) is 1. The summed E-state index contributed by atoms with van der Waals surface area (Å²) >= 11 is 0.